The molecular formula is C18H20FN. The van der Waals surface area contributed by atoms with E-state index >= 15 is 0 Å². The topological polar surface area (TPSA) is 12.0 Å². The molecule has 104 valence electrons. The summed E-state index contributed by atoms with van der Waals surface area (Å²) in [5.41, 5.74) is 5.00. The molecule has 1 heterocycles. The Labute approximate surface area is 119 Å². The average Bonchev–Trinajstić information content (AvgIpc) is 2.48. The van der Waals surface area contributed by atoms with Gasteiger partial charge in [0.25, 0.3) is 0 Å². The molecule has 1 aliphatic rings. The van der Waals surface area contributed by atoms with Crippen molar-refractivity contribution in [1.82, 2.24) is 0 Å². The van der Waals surface area contributed by atoms with Crippen molar-refractivity contribution in [3.63, 3.8) is 0 Å². The molecule has 1 atom stereocenters. The number of nitrogens with one attached hydrogen (secondary N) is 1. The fraction of sp³-hybridized carbons (Fsp3) is 0.333. The Hall–Kier alpha value is -1.83. The van der Waals surface area contributed by atoms with Crippen LogP contribution in [-0.4, -0.2) is 6.54 Å². The van der Waals surface area contributed by atoms with Crippen LogP contribution >= 0.6 is 0 Å². The van der Waals surface area contributed by atoms with Crippen molar-refractivity contribution in [1.29, 1.82) is 0 Å². The van der Waals surface area contributed by atoms with Crippen LogP contribution in [0.15, 0.2) is 42.5 Å². The number of halogens is 1. The molecule has 0 spiro atoms. The summed E-state index contributed by atoms with van der Waals surface area (Å²) in [6.45, 7) is 3.09. The Bertz CT molecular complexity index is 606. The van der Waals surface area contributed by atoms with Gasteiger partial charge in [-0.2, -0.15) is 0 Å². The van der Waals surface area contributed by atoms with Crippen molar-refractivity contribution in [2.75, 3.05) is 11.9 Å². The van der Waals surface area contributed by atoms with Crippen LogP contribution in [-0.2, 0) is 6.42 Å². The maximum Gasteiger partial charge on any atom is 0.123 e. The summed E-state index contributed by atoms with van der Waals surface area (Å²) in [7, 11) is 0. The zero-order valence-corrected chi connectivity index (χ0v) is 11.8. The summed E-state index contributed by atoms with van der Waals surface area (Å²) in [4.78, 5) is 0. The highest BCUT2D eigenvalue weighted by Crippen LogP contribution is 2.34. The Morgan fingerprint density at radius 2 is 2.05 bits per heavy atom. The molecule has 1 unspecified atom stereocenters. The van der Waals surface area contributed by atoms with E-state index in [1.54, 1.807) is 12.1 Å². The quantitative estimate of drug-likeness (QED) is 0.854. The maximum absolute atomic E-state index is 13.3. The smallest absolute Gasteiger partial charge is 0.123 e. The monoisotopic (exact) mass is 269 g/mol. The number of para-hydroxylation sites is 1. The molecule has 0 amide bonds. The number of anilines is 1. The number of hydrogen-bond acceptors (Lipinski definition) is 1. The average molecular weight is 269 g/mol. The minimum absolute atomic E-state index is 0.128. The summed E-state index contributed by atoms with van der Waals surface area (Å²) in [5.74, 6) is 0.450. The van der Waals surface area contributed by atoms with E-state index in [1.807, 2.05) is 6.07 Å². The number of fused-ring (bicyclic) bond motifs is 1. The first kappa shape index (κ1) is 13.2. The first-order chi connectivity index (χ1) is 9.74. The van der Waals surface area contributed by atoms with Gasteiger partial charge in [-0.1, -0.05) is 24.3 Å². The molecule has 1 nitrogen and oxygen atoms in total. The van der Waals surface area contributed by atoms with Gasteiger partial charge >= 0.3 is 0 Å². The number of rotatable bonds is 3. The van der Waals surface area contributed by atoms with Gasteiger partial charge in [-0.25, -0.2) is 4.39 Å². The molecule has 0 aliphatic carbocycles. The van der Waals surface area contributed by atoms with E-state index in [2.05, 4.69) is 36.5 Å². The van der Waals surface area contributed by atoms with Crippen LogP contribution in [0.2, 0.25) is 0 Å². The molecule has 2 heteroatoms. The lowest BCUT2D eigenvalue weighted by atomic mass is 9.86. The summed E-state index contributed by atoms with van der Waals surface area (Å²) in [6, 6.07) is 13.6. The molecule has 20 heavy (non-hydrogen) atoms. The third-order valence-corrected chi connectivity index (χ3v) is 4.28. The Kier molecular flexibility index (Phi) is 3.72. The second-order valence-electron chi connectivity index (χ2n) is 5.61. The number of benzene rings is 2. The van der Waals surface area contributed by atoms with E-state index in [9.17, 15) is 4.39 Å². The fourth-order valence-electron chi connectivity index (χ4n) is 3.09. The van der Waals surface area contributed by atoms with E-state index in [0.717, 1.165) is 31.4 Å². The van der Waals surface area contributed by atoms with Gasteiger partial charge in [-0.15, -0.1) is 0 Å². The second kappa shape index (κ2) is 5.66. The highest BCUT2D eigenvalue weighted by molar-refractivity contribution is 5.54. The minimum Gasteiger partial charge on any atom is -0.385 e. The van der Waals surface area contributed by atoms with Crippen molar-refractivity contribution in [2.24, 2.45) is 0 Å². The van der Waals surface area contributed by atoms with Crippen LogP contribution in [0.3, 0.4) is 0 Å². The highest BCUT2D eigenvalue weighted by Gasteiger charge is 2.19. The summed E-state index contributed by atoms with van der Waals surface area (Å²) in [5, 5.41) is 3.45. The number of aryl methyl sites for hydroxylation is 2. The Morgan fingerprint density at radius 1 is 1.20 bits per heavy atom. The fourth-order valence-corrected chi connectivity index (χ4v) is 3.09. The van der Waals surface area contributed by atoms with Crippen molar-refractivity contribution >= 4 is 5.69 Å². The molecule has 1 N–H and O–H groups in total. The van der Waals surface area contributed by atoms with E-state index in [0.29, 0.717) is 5.92 Å². The van der Waals surface area contributed by atoms with Gasteiger partial charge < -0.3 is 5.32 Å². The van der Waals surface area contributed by atoms with Crippen LogP contribution in [0.4, 0.5) is 10.1 Å². The standard InChI is InChI=1S/C18H20FN/c1-13-6-9-16(19)12-15(13)8-7-14-10-11-20-18-5-3-2-4-17(14)18/h2-6,9,12,14,20H,7-8,10-11H2,1H3. The molecule has 1 aliphatic heterocycles. The van der Waals surface area contributed by atoms with Gasteiger partial charge in [0.15, 0.2) is 0 Å². The molecule has 0 saturated heterocycles. The highest BCUT2D eigenvalue weighted by atomic mass is 19.1. The van der Waals surface area contributed by atoms with Crippen LogP contribution in [0.1, 0.15) is 35.4 Å². The first-order valence-electron chi connectivity index (χ1n) is 7.32. The lowest BCUT2D eigenvalue weighted by molar-refractivity contribution is 0.574. The Morgan fingerprint density at radius 3 is 2.95 bits per heavy atom. The predicted molar refractivity (Wildman–Crippen MR) is 81.7 cm³/mol. The third kappa shape index (κ3) is 2.69. The van der Waals surface area contributed by atoms with Crippen LogP contribution in [0.5, 0.6) is 0 Å². The van der Waals surface area contributed by atoms with Gasteiger partial charge in [0.1, 0.15) is 5.82 Å². The van der Waals surface area contributed by atoms with Crippen LogP contribution in [0.25, 0.3) is 0 Å². The van der Waals surface area contributed by atoms with E-state index < -0.39 is 0 Å². The van der Waals surface area contributed by atoms with Crippen LogP contribution in [0, 0.1) is 12.7 Å². The molecule has 2 aromatic rings. The molecule has 0 aromatic heterocycles. The molecule has 0 bridgehead atoms. The third-order valence-electron chi connectivity index (χ3n) is 4.28. The maximum atomic E-state index is 13.3. The summed E-state index contributed by atoms with van der Waals surface area (Å²) in [6.07, 6.45) is 3.19. The SMILES string of the molecule is Cc1ccc(F)cc1CCC1CCNc2ccccc21. The minimum atomic E-state index is -0.128. The van der Waals surface area contributed by atoms with Gasteiger partial charge in [0.2, 0.25) is 0 Å². The van der Waals surface area contributed by atoms with Gasteiger partial charge in [0, 0.05) is 12.2 Å². The lowest BCUT2D eigenvalue weighted by Gasteiger charge is -2.26. The molecule has 0 radical (unpaired) electrons. The van der Waals surface area contributed by atoms with Crippen molar-refractivity contribution in [2.45, 2.75) is 32.1 Å². The van der Waals surface area contributed by atoms with E-state index in [-0.39, 0.29) is 5.82 Å². The molecular weight excluding hydrogens is 249 g/mol. The molecule has 0 saturated carbocycles. The van der Waals surface area contributed by atoms with Crippen molar-refractivity contribution in [3.8, 4) is 0 Å². The van der Waals surface area contributed by atoms with Crippen LogP contribution < -0.4 is 5.32 Å². The summed E-state index contributed by atoms with van der Waals surface area (Å²) >= 11 is 0. The van der Waals surface area contributed by atoms with Gasteiger partial charge in [-0.3, -0.25) is 0 Å². The van der Waals surface area contributed by atoms with E-state index in [1.165, 1.54) is 16.8 Å². The molecule has 2 aromatic carbocycles. The molecule has 3 rings (SSSR count). The zero-order chi connectivity index (χ0) is 13.9. The van der Waals surface area contributed by atoms with Crippen molar-refractivity contribution in [3.05, 3.63) is 65.0 Å². The van der Waals surface area contributed by atoms with Gasteiger partial charge in [0.05, 0.1) is 0 Å². The Balaban J connectivity index is 1.75. The predicted octanol–water partition coefficient (Wildman–Crippen LogP) is 4.67. The van der Waals surface area contributed by atoms with E-state index in [4.69, 9.17) is 0 Å². The van der Waals surface area contributed by atoms with Crippen molar-refractivity contribution < 1.29 is 4.39 Å². The number of hydrogen-bond donors (Lipinski definition) is 1. The van der Waals surface area contributed by atoms with Gasteiger partial charge in [-0.05, 0) is 67.0 Å². The normalized spacial score (nSPS) is 17.4. The summed E-state index contributed by atoms with van der Waals surface area (Å²) < 4.78 is 13.3. The molecule has 0 fully saturated rings. The lowest BCUT2D eigenvalue weighted by Crippen LogP contribution is -2.17. The largest absolute Gasteiger partial charge is 0.385 e. The zero-order valence-electron chi connectivity index (χ0n) is 11.8. The first-order valence-corrected chi connectivity index (χ1v) is 7.32. The second-order valence-corrected chi connectivity index (χ2v) is 5.61.